The average molecular weight is 465 g/mol. The largest absolute Gasteiger partial charge is 0.480 e. The molecule has 0 saturated heterocycles. The Morgan fingerprint density at radius 2 is 1.26 bits per heavy atom. The Bertz CT molecular complexity index is 1340. The van der Waals surface area contributed by atoms with Crippen LogP contribution in [0.1, 0.15) is 34.3 Å². The van der Waals surface area contributed by atoms with Gasteiger partial charge in [-0.05, 0) is 22.8 Å². The van der Waals surface area contributed by atoms with Gasteiger partial charge in [-0.2, -0.15) is 0 Å². The van der Waals surface area contributed by atoms with Crippen LogP contribution in [0.5, 0.6) is 0 Å². The lowest BCUT2D eigenvalue weighted by atomic mass is 9.96. The molecular weight excluding hydrogens is 436 g/mol. The zero-order valence-corrected chi connectivity index (χ0v) is 19.2. The second-order valence-corrected chi connectivity index (χ2v) is 8.41. The first kappa shape index (κ1) is 24.0. The zero-order valence-electron chi connectivity index (χ0n) is 19.2. The smallest absolute Gasteiger partial charge is 0.325 e. The first-order valence-corrected chi connectivity index (χ1v) is 11.4. The standard InChI is InChI=1S/C30H26N2O2.H2O/c33-30(34)29(31-28(23-14-6-2-7-15-23)24-16-8-3-9-17-24)26-21-32(20-22-12-4-1-5-13-22)27-19-11-10-18-25(26)27;/h1-19,21,28-29,31H,20H2,(H,33,34);1H2. The van der Waals surface area contributed by atoms with E-state index in [1.54, 1.807) is 0 Å². The van der Waals surface area contributed by atoms with Crippen LogP contribution >= 0.6 is 0 Å². The van der Waals surface area contributed by atoms with E-state index in [1.165, 1.54) is 5.56 Å². The van der Waals surface area contributed by atoms with Crippen molar-refractivity contribution in [1.82, 2.24) is 9.88 Å². The van der Waals surface area contributed by atoms with Crippen molar-refractivity contribution in [3.63, 3.8) is 0 Å². The quantitative estimate of drug-likeness (QED) is 0.324. The second-order valence-electron chi connectivity index (χ2n) is 8.41. The molecule has 0 radical (unpaired) electrons. The summed E-state index contributed by atoms with van der Waals surface area (Å²) in [6, 6.07) is 37.1. The Morgan fingerprint density at radius 1 is 0.743 bits per heavy atom. The molecular formula is C30H28N2O3. The third-order valence-electron chi connectivity index (χ3n) is 6.17. The van der Waals surface area contributed by atoms with E-state index in [2.05, 4.69) is 22.0 Å². The topological polar surface area (TPSA) is 85.8 Å². The van der Waals surface area contributed by atoms with Crippen molar-refractivity contribution in [2.45, 2.75) is 18.6 Å². The molecule has 0 aliphatic rings. The predicted molar refractivity (Wildman–Crippen MR) is 139 cm³/mol. The van der Waals surface area contributed by atoms with Gasteiger partial charge in [-0.25, -0.2) is 0 Å². The number of rotatable bonds is 8. The lowest BCUT2D eigenvalue weighted by molar-refractivity contribution is -0.139. The molecule has 5 rings (SSSR count). The van der Waals surface area contributed by atoms with Crippen molar-refractivity contribution in [1.29, 1.82) is 0 Å². The van der Waals surface area contributed by atoms with Gasteiger partial charge in [-0.15, -0.1) is 0 Å². The highest BCUT2D eigenvalue weighted by Gasteiger charge is 2.28. The van der Waals surface area contributed by atoms with E-state index in [-0.39, 0.29) is 11.5 Å². The molecule has 5 nitrogen and oxygen atoms in total. The molecule has 0 saturated carbocycles. The first-order chi connectivity index (χ1) is 16.7. The Morgan fingerprint density at radius 3 is 1.83 bits per heavy atom. The van der Waals surface area contributed by atoms with Crippen LogP contribution in [0.4, 0.5) is 0 Å². The van der Waals surface area contributed by atoms with Crippen LogP contribution in [0.25, 0.3) is 10.9 Å². The Hall–Kier alpha value is -4.19. The van der Waals surface area contributed by atoms with Crippen molar-refractivity contribution in [3.8, 4) is 0 Å². The summed E-state index contributed by atoms with van der Waals surface area (Å²) in [6.07, 6.45) is 1.98. The van der Waals surface area contributed by atoms with Gasteiger partial charge in [-0.1, -0.05) is 109 Å². The molecule has 1 heterocycles. The zero-order chi connectivity index (χ0) is 23.3. The van der Waals surface area contributed by atoms with Gasteiger partial charge in [0.05, 0.1) is 6.04 Å². The number of fused-ring (bicyclic) bond motifs is 1. The van der Waals surface area contributed by atoms with E-state index in [0.717, 1.165) is 27.6 Å². The summed E-state index contributed by atoms with van der Waals surface area (Å²) in [7, 11) is 0. The van der Waals surface area contributed by atoms with E-state index in [1.807, 2.05) is 109 Å². The van der Waals surface area contributed by atoms with Gasteiger partial charge in [-0.3, -0.25) is 10.1 Å². The van der Waals surface area contributed by atoms with E-state index < -0.39 is 12.0 Å². The number of carbonyl (C=O) groups is 1. The Labute approximate surface area is 204 Å². The number of carboxylic acids is 1. The number of nitrogens with zero attached hydrogens (tertiary/aromatic N) is 1. The van der Waals surface area contributed by atoms with Crippen molar-refractivity contribution in [3.05, 3.63) is 144 Å². The van der Waals surface area contributed by atoms with Gasteiger partial charge in [0.15, 0.2) is 0 Å². The molecule has 5 aromatic rings. The molecule has 0 spiro atoms. The van der Waals surface area contributed by atoms with Crippen LogP contribution in [0.15, 0.2) is 121 Å². The summed E-state index contributed by atoms with van der Waals surface area (Å²) in [5, 5.41) is 14.8. The van der Waals surface area contributed by atoms with E-state index in [4.69, 9.17) is 0 Å². The van der Waals surface area contributed by atoms with Crippen LogP contribution in [0, 0.1) is 0 Å². The monoisotopic (exact) mass is 464 g/mol. The fourth-order valence-electron chi connectivity index (χ4n) is 4.55. The van der Waals surface area contributed by atoms with E-state index in [0.29, 0.717) is 6.54 Å². The van der Waals surface area contributed by atoms with Gasteiger partial charge in [0.2, 0.25) is 0 Å². The number of para-hydroxylation sites is 1. The lowest BCUT2D eigenvalue weighted by Gasteiger charge is -2.24. The highest BCUT2D eigenvalue weighted by molar-refractivity contribution is 5.89. The fraction of sp³-hybridized carbons (Fsp3) is 0.100. The minimum Gasteiger partial charge on any atom is -0.480 e. The summed E-state index contributed by atoms with van der Waals surface area (Å²) in [5.41, 5.74) is 4.99. The molecule has 0 bridgehead atoms. The normalized spacial score (nSPS) is 11.8. The summed E-state index contributed by atoms with van der Waals surface area (Å²) in [4.78, 5) is 12.6. The molecule has 0 amide bonds. The highest BCUT2D eigenvalue weighted by Crippen LogP contribution is 2.31. The molecule has 35 heavy (non-hydrogen) atoms. The molecule has 0 aliphatic carbocycles. The van der Waals surface area contributed by atoms with Crippen molar-refractivity contribution < 1.29 is 15.4 Å². The molecule has 0 fully saturated rings. The summed E-state index contributed by atoms with van der Waals surface area (Å²) >= 11 is 0. The van der Waals surface area contributed by atoms with Gasteiger partial charge < -0.3 is 15.1 Å². The number of benzene rings is 4. The van der Waals surface area contributed by atoms with Crippen molar-refractivity contribution in [2.75, 3.05) is 0 Å². The van der Waals surface area contributed by atoms with Gasteiger partial charge in [0.1, 0.15) is 6.04 Å². The maximum Gasteiger partial charge on any atom is 0.325 e. The van der Waals surface area contributed by atoms with Crippen LogP contribution in [0.3, 0.4) is 0 Å². The number of aromatic nitrogens is 1. The van der Waals surface area contributed by atoms with Gasteiger partial charge >= 0.3 is 5.97 Å². The number of nitrogens with one attached hydrogen (secondary N) is 1. The third kappa shape index (κ3) is 5.17. The van der Waals surface area contributed by atoms with Gasteiger partial charge in [0, 0.05) is 29.2 Å². The minimum absolute atomic E-state index is 0. The summed E-state index contributed by atoms with van der Waals surface area (Å²) in [6.45, 7) is 0.675. The minimum atomic E-state index is -0.903. The number of hydrogen-bond acceptors (Lipinski definition) is 2. The fourth-order valence-corrected chi connectivity index (χ4v) is 4.55. The molecule has 1 unspecified atom stereocenters. The summed E-state index contributed by atoms with van der Waals surface area (Å²) < 4.78 is 2.14. The van der Waals surface area contributed by atoms with Crippen molar-refractivity contribution >= 4 is 16.9 Å². The Balaban J connectivity index is 0.00000289. The highest BCUT2D eigenvalue weighted by atomic mass is 16.4. The average Bonchev–Trinajstić information content (AvgIpc) is 3.24. The van der Waals surface area contributed by atoms with Crippen LogP contribution in [-0.4, -0.2) is 21.1 Å². The molecule has 4 N–H and O–H groups in total. The Kier molecular flexibility index (Phi) is 7.41. The first-order valence-electron chi connectivity index (χ1n) is 11.4. The molecule has 0 aliphatic heterocycles. The number of hydrogen-bond donors (Lipinski definition) is 2. The molecule has 1 atom stereocenters. The maximum atomic E-state index is 12.6. The second kappa shape index (κ2) is 10.8. The number of aliphatic carboxylic acids is 1. The maximum absolute atomic E-state index is 12.6. The summed E-state index contributed by atoms with van der Waals surface area (Å²) in [5.74, 6) is -0.903. The van der Waals surface area contributed by atoms with Crippen LogP contribution in [0.2, 0.25) is 0 Å². The SMILES string of the molecule is O.O=C(O)C(NC(c1ccccc1)c1ccccc1)c1cn(Cc2ccccc2)c2ccccc12. The molecule has 5 heteroatoms. The number of carboxylic acid groups (broad SMARTS) is 1. The van der Waals surface area contributed by atoms with E-state index >= 15 is 0 Å². The van der Waals surface area contributed by atoms with E-state index in [9.17, 15) is 9.90 Å². The van der Waals surface area contributed by atoms with Gasteiger partial charge in [0.25, 0.3) is 0 Å². The predicted octanol–water partition coefficient (Wildman–Crippen LogP) is 5.37. The molecule has 4 aromatic carbocycles. The molecule has 1 aromatic heterocycles. The third-order valence-corrected chi connectivity index (χ3v) is 6.17. The van der Waals surface area contributed by atoms with Crippen LogP contribution in [-0.2, 0) is 11.3 Å². The molecule has 176 valence electrons. The van der Waals surface area contributed by atoms with Crippen LogP contribution < -0.4 is 5.32 Å². The van der Waals surface area contributed by atoms with Crippen molar-refractivity contribution in [2.24, 2.45) is 0 Å². The lowest BCUT2D eigenvalue weighted by Crippen LogP contribution is -2.32.